The zero-order valence-electron chi connectivity index (χ0n) is 19.1. The third kappa shape index (κ3) is 6.11. The number of rotatable bonds is 8. The van der Waals surface area contributed by atoms with Crippen LogP contribution in [-0.2, 0) is 28.7 Å². The quantitative estimate of drug-likeness (QED) is 0.401. The Labute approximate surface area is 199 Å². The summed E-state index contributed by atoms with van der Waals surface area (Å²) >= 11 is 0. The van der Waals surface area contributed by atoms with Crippen molar-refractivity contribution < 1.29 is 41.9 Å². The molecule has 2 heterocycles. The van der Waals surface area contributed by atoms with Gasteiger partial charge < -0.3 is 20.9 Å². The monoisotopic (exact) mass is 502 g/mol. The van der Waals surface area contributed by atoms with Crippen molar-refractivity contribution in [2.45, 2.75) is 69.4 Å². The summed E-state index contributed by atoms with van der Waals surface area (Å²) in [7, 11) is 0. The van der Waals surface area contributed by atoms with Gasteiger partial charge >= 0.3 is 18.2 Å². The summed E-state index contributed by atoms with van der Waals surface area (Å²) in [5.41, 5.74) is 0. The molecule has 4 amide bonds. The fourth-order valence-electron chi connectivity index (χ4n) is 5.39. The zero-order chi connectivity index (χ0) is 25.3. The summed E-state index contributed by atoms with van der Waals surface area (Å²) in [6.07, 6.45) is -0.994. The summed E-state index contributed by atoms with van der Waals surface area (Å²) in [5.74, 6) is -4.56. The summed E-state index contributed by atoms with van der Waals surface area (Å²) in [6.45, 7) is -0.728. The first-order valence-corrected chi connectivity index (χ1v) is 12.0. The molecule has 2 saturated heterocycles. The number of hydrogen-bond acceptors (Lipinski definition) is 6. The number of amides is 4. The van der Waals surface area contributed by atoms with Crippen LogP contribution in [0, 0.1) is 17.8 Å². The molecular weight excluding hydrogens is 473 g/mol. The lowest BCUT2D eigenvalue weighted by Crippen LogP contribution is -2.56. The SMILES string of the molecule is O=C(NC1CC1)C(=O)N1C[C@@H]2CCC[C@@H]2[C@H]1C(=O)N[C@@H](C[C@@H]1CCNC1=O)C(=O)COC(F)(F)F. The summed E-state index contributed by atoms with van der Waals surface area (Å²) in [6, 6.07) is -2.47. The Morgan fingerprint density at radius 3 is 2.49 bits per heavy atom. The Bertz CT molecular complexity index is 893. The molecule has 10 nitrogen and oxygen atoms in total. The molecule has 0 spiro atoms. The molecule has 0 radical (unpaired) electrons. The second-order valence-electron chi connectivity index (χ2n) is 9.78. The third-order valence-electron chi connectivity index (χ3n) is 7.29. The lowest BCUT2D eigenvalue weighted by molar-refractivity contribution is -0.321. The molecule has 2 aliphatic heterocycles. The maximum atomic E-state index is 13.4. The van der Waals surface area contributed by atoms with E-state index in [4.69, 9.17) is 0 Å². The number of ether oxygens (including phenoxy) is 1. The molecule has 35 heavy (non-hydrogen) atoms. The van der Waals surface area contributed by atoms with E-state index in [1.165, 1.54) is 4.90 Å². The number of fused-ring (bicyclic) bond motifs is 1. The van der Waals surface area contributed by atoms with E-state index >= 15 is 0 Å². The summed E-state index contributed by atoms with van der Waals surface area (Å²) < 4.78 is 41.2. The molecule has 0 aromatic carbocycles. The number of carbonyl (C=O) groups excluding carboxylic acids is 5. The van der Waals surface area contributed by atoms with Crippen LogP contribution in [0.1, 0.15) is 44.9 Å². The first-order valence-electron chi connectivity index (χ1n) is 12.0. The fraction of sp³-hybridized carbons (Fsp3) is 0.773. The standard InChI is InChI=1S/C22H29F3N4O6/c23-22(24,25)35-10-16(30)15(8-11-6-7-26-18(11)31)28-19(32)17-14-3-1-2-12(14)9-29(17)21(34)20(33)27-13-4-5-13/h11-15,17H,1-10H2,(H,26,31)(H,27,33)(H,28,32)/t11-,12-,14-,15-,17-/m0/s1. The number of halogens is 3. The molecule has 5 atom stereocenters. The van der Waals surface area contributed by atoms with Crippen molar-refractivity contribution in [1.82, 2.24) is 20.9 Å². The average Bonchev–Trinajstić information content (AvgIpc) is 3.16. The Kier molecular flexibility index (Phi) is 7.34. The van der Waals surface area contributed by atoms with Crippen LogP contribution in [0.2, 0.25) is 0 Å². The predicted molar refractivity (Wildman–Crippen MR) is 112 cm³/mol. The van der Waals surface area contributed by atoms with Crippen molar-refractivity contribution in [1.29, 1.82) is 0 Å². The van der Waals surface area contributed by atoms with Crippen LogP contribution in [0.25, 0.3) is 0 Å². The number of alkyl halides is 3. The van der Waals surface area contributed by atoms with Gasteiger partial charge in [0.15, 0.2) is 5.78 Å². The molecule has 2 aliphatic carbocycles. The van der Waals surface area contributed by atoms with E-state index in [0.717, 1.165) is 25.7 Å². The van der Waals surface area contributed by atoms with Gasteiger partial charge in [-0.3, -0.25) is 28.7 Å². The van der Waals surface area contributed by atoms with Crippen LogP contribution >= 0.6 is 0 Å². The highest BCUT2D eigenvalue weighted by atomic mass is 19.4. The lowest BCUT2D eigenvalue weighted by Gasteiger charge is -2.29. The molecule has 0 bridgehead atoms. The largest absolute Gasteiger partial charge is 0.522 e. The number of carbonyl (C=O) groups is 5. The lowest BCUT2D eigenvalue weighted by atomic mass is 9.92. The van der Waals surface area contributed by atoms with E-state index in [9.17, 15) is 37.1 Å². The van der Waals surface area contributed by atoms with E-state index in [0.29, 0.717) is 19.4 Å². The molecule has 0 unspecified atom stereocenters. The zero-order valence-corrected chi connectivity index (χ0v) is 19.1. The van der Waals surface area contributed by atoms with Gasteiger partial charge in [0.05, 0.1) is 6.04 Å². The third-order valence-corrected chi connectivity index (χ3v) is 7.29. The van der Waals surface area contributed by atoms with Crippen molar-refractivity contribution in [2.75, 3.05) is 19.7 Å². The fourth-order valence-corrected chi connectivity index (χ4v) is 5.39. The van der Waals surface area contributed by atoms with Gasteiger partial charge in [0.1, 0.15) is 12.6 Å². The predicted octanol–water partition coefficient (Wildman–Crippen LogP) is 0.00860. The number of ketones is 1. The molecule has 4 fully saturated rings. The van der Waals surface area contributed by atoms with E-state index < -0.39 is 54.5 Å². The topological polar surface area (TPSA) is 134 Å². The normalized spacial score (nSPS) is 28.9. The van der Waals surface area contributed by atoms with E-state index in [1.807, 2.05) is 0 Å². The molecule has 194 valence electrons. The molecule has 4 rings (SSSR count). The first kappa shape index (κ1) is 25.4. The smallest absolute Gasteiger partial charge is 0.356 e. The van der Waals surface area contributed by atoms with Crippen molar-refractivity contribution in [2.24, 2.45) is 17.8 Å². The minimum atomic E-state index is -5.03. The minimum Gasteiger partial charge on any atom is -0.356 e. The van der Waals surface area contributed by atoms with Gasteiger partial charge in [0, 0.05) is 25.0 Å². The van der Waals surface area contributed by atoms with Crippen LogP contribution in [0.15, 0.2) is 0 Å². The van der Waals surface area contributed by atoms with Crippen molar-refractivity contribution in [3.8, 4) is 0 Å². The van der Waals surface area contributed by atoms with Gasteiger partial charge in [0.2, 0.25) is 11.8 Å². The summed E-state index contributed by atoms with van der Waals surface area (Å²) in [5, 5.41) is 7.70. The Hall–Kier alpha value is -2.70. The highest BCUT2D eigenvalue weighted by Crippen LogP contribution is 2.42. The van der Waals surface area contributed by atoms with Gasteiger partial charge in [0.25, 0.3) is 0 Å². The number of nitrogens with zero attached hydrogens (tertiary/aromatic N) is 1. The molecule has 2 saturated carbocycles. The van der Waals surface area contributed by atoms with Crippen LogP contribution < -0.4 is 16.0 Å². The maximum absolute atomic E-state index is 13.4. The second kappa shape index (κ2) is 10.1. The Morgan fingerprint density at radius 2 is 1.86 bits per heavy atom. The van der Waals surface area contributed by atoms with E-state index in [1.54, 1.807) is 0 Å². The average molecular weight is 502 g/mol. The molecule has 13 heteroatoms. The molecule has 0 aromatic heterocycles. The molecule has 4 aliphatic rings. The van der Waals surface area contributed by atoms with E-state index in [-0.39, 0.29) is 36.8 Å². The number of nitrogens with one attached hydrogen (secondary N) is 3. The number of likely N-dealkylation sites (tertiary alicyclic amines) is 1. The van der Waals surface area contributed by atoms with Crippen LogP contribution in [0.5, 0.6) is 0 Å². The molecule has 3 N–H and O–H groups in total. The first-order chi connectivity index (χ1) is 16.5. The van der Waals surface area contributed by atoms with Gasteiger partial charge in [-0.05, 0) is 50.4 Å². The van der Waals surface area contributed by atoms with Gasteiger partial charge in [-0.25, -0.2) is 0 Å². The van der Waals surface area contributed by atoms with Crippen molar-refractivity contribution in [3.05, 3.63) is 0 Å². The highest BCUT2D eigenvalue weighted by molar-refractivity contribution is 6.35. The number of Topliss-reactive ketones (excluding diaryl/α,β-unsaturated/α-hetero) is 1. The van der Waals surface area contributed by atoms with Crippen molar-refractivity contribution in [3.63, 3.8) is 0 Å². The summed E-state index contributed by atoms with van der Waals surface area (Å²) in [4.78, 5) is 64.5. The second-order valence-corrected chi connectivity index (χ2v) is 9.78. The maximum Gasteiger partial charge on any atom is 0.522 e. The molecule has 0 aromatic rings. The van der Waals surface area contributed by atoms with Gasteiger partial charge in [-0.1, -0.05) is 6.42 Å². The van der Waals surface area contributed by atoms with Crippen molar-refractivity contribution >= 4 is 29.4 Å². The Morgan fingerprint density at radius 1 is 1.11 bits per heavy atom. The van der Waals surface area contributed by atoms with Crippen LogP contribution in [-0.4, -0.2) is 78.5 Å². The van der Waals surface area contributed by atoms with Crippen LogP contribution in [0.3, 0.4) is 0 Å². The molecular formula is C22H29F3N4O6. The number of hydrogen-bond donors (Lipinski definition) is 3. The van der Waals surface area contributed by atoms with Crippen LogP contribution in [0.4, 0.5) is 13.2 Å². The Balaban J connectivity index is 1.49. The van der Waals surface area contributed by atoms with E-state index in [2.05, 4.69) is 20.7 Å². The van der Waals surface area contributed by atoms with Gasteiger partial charge in [-0.15, -0.1) is 13.2 Å². The highest BCUT2D eigenvalue weighted by Gasteiger charge is 2.51. The van der Waals surface area contributed by atoms with Gasteiger partial charge in [-0.2, -0.15) is 0 Å². The minimum absolute atomic E-state index is 0.0201.